The van der Waals surface area contributed by atoms with Crippen LogP contribution in [0.4, 0.5) is 0 Å². The van der Waals surface area contributed by atoms with E-state index < -0.39 is 11.9 Å². The average Bonchev–Trinajstić information content (AvgIpc) is 2.60. The predicted octanol–water partition coefficient (Wildman–Crippen LogP) is 3.10. The zero-order valence-electron chi connectivity index (χ0n) is 12.5. The zero-order chi connectivity index (χ0) is 17.0. The first kappa shape index (κ1) is 17.1. The lowest BCUT2D eigenvalue weighted by molar-refractivity contribution is 0.0584. The number of ether oxygens (including phenoxy) is 2. The highest BCUT2D eigenvalue weighted by atomic mass is 127. The predicted molar refractivity (Wildman–Crippen MR) is 91.7 cm³/mol. The second kappa shape index (κ2) is 7.36. The minimum atomic E-state index is -0.640. The van der Waals surface area contributed by atoms with E-state index in [2.05, 4.69) is 0 Å². The van der Waals surface area contributed by atoms with Crippen LogP contribution in [0.15, 0.2) is 42.5 Å². The first-order chi connectivity index (χ1) is 11.0. The van der Waals surface area contributed by atoms with Crippen molar-refractivity contribution in [2.45, 2.75) is 0 Å². The highest BCUT2D eigenvalue weighted by Gasteiger charge is 2.23. The fourth-order valence-corrected chi connectivity index (χ4v) is 2.74. The van der Waals surface area contributed by atoms with E-state index in [1.807, 2.05) is 22.6 Å². The molecule has 0 atom stereocenters. The number of esters is 2. The molecule has 6 heteroatoms. The molecule has 0 radical (unpaired) electrons. The maximum absolute atomic E-state index is 12.7. The van der Waals surface area contributed by atoms with Crippen molar-refractivity contribution >= 4 is 40.3 Å². The van der Waals surface area contributed by atoms with Gasteiger partial charge >= 0.3 is 11.9 Å². The molecule has 0 aliphatic rings. The maximum Gasteiger partial charge on any atom is 0.338 e. The molecule has 0 N–H and O–H groups in total. The quantitative estimate of drug-likeness (QED) is 0.429. The summed E-state index contributed by atoms with van der Waals surface area (Å²) in [7, 11) is 2.49. The molecule has 2 rings (SSSR count). The second-order valence-electron chi connectivity index (χ2n) is 4.56. The fourth-order valence-electron chi connectivity index (χ4n) is 2.05. The van der Waals surface area contributed by atoms with Crippen LogP contribution < -0.4 is 0 Å². The number of rotatable bonds is 4. The first-order valence-electron chi connectivity index (χ1n) is 6.59. The van der Waals surface area contributed by atoms with E-state index in [4.69, 9.17) is 9.47 Å². The summed E-state index contributed by atoms with van der Waals surface area (Å²) in [5, 5.41) is 0. The summed E-state index contributed by atoms with van der Waals surface area (Å²) in [6.45, 7) is 0. The van der Waals surface area contributed by atoms with E-state index in [0.29, 0.717) is 9.13 Å². The molecule has 0 aliphatic heterocycles. The Morgan fingerprint density at radius 2 is 1.39 bits per heavy atom. The third-order valence-electron chi connectivity index (χ3n) is 3.20. The molecule has 0 unspecified atom stereocenters. The molecule has 2 aromatic rings. The molecule has 23 heavy (non-hydrogen) atoms. The Morgan fingerprint density at radius 1 is 0.826 bits per heavy atom. The van der Waals surface area contributed by atoms with E-state index in [-0.39, 0.29) is 22.5 Å². The smallest absolute Gasteiger partial charge is 0.338 e. The standard InChI is InChI=1S/C17H13IO5/c1-22-16(20)12-9-14(18)13(17(21)23-2)8-11(12)15(19)10-6-4-3-5-7-10/h3-9H,1-2H3. The summed E-state index contributed by atoms with van der Waals surface area (Å²) in [5.41, 5.74) is 0.844. The molecule has 0 aromatic heterocycles. The monoisotopic (exact) mass is 424 g/mol. The molecule has 0 spiro atoms. The van der Waals surface area contributed by atoms with Gasteiger partial charge in [0.15, 0.2) is 5.78 Å². The van der Waals surface area contributed by atoms with Crippen molar-refractivity contribution in [1.29, 1.82) is 0 Å². The van der Waals surface area contributed by atoms with Gasteiger partial charge in [0.25, 0.3) is 0 Å². The van der Waals surface area contributed by atoms with Gasteiger partial charge in [-0.2, -0.15) is 0 Å². The normalized spacial score (nSPS) is 10.0. The summed E-state index contributed by atoms with van der Waals surface area (Å²) < 4.78 is 9.95. The first-order valence-corrected chi connectivity index (χ1v) is 7.67. The Kier molecular flexibility index (Phi) is 5.49. The van der Waals surface area contributed by atoms with Crippen LogP contribution in [0.25, 0.3) is 0 Å². The number of carbonyl (C=O) groups is 3. The van der Waals surface area contributed by atoms with Gasteiger partial charge < -0.3 is 9.47 Å². The van der Waals surface area contributed by atoms with E-state index in [0.717, 1.165) is 0 Å². The van der Waals surface area contributed by atoms with Crippen LogP contribution in [0.5, 0.6) is 0 Å². The molecule has 0 bridgehead atoms. The molecule has 0 saturated carbocycles. The molecule has 0 aliphatic carbocycles. The maximum atomic E-state index is 12.7. The summed E-state index contributed by atoms with van der Waals surface area (Å²) in [6.07, 6.45) is 0. The molecule has 5 nitrogen and oxygen atoms in total. The second-order valence-corrected chi connectivity index (χ2v) is 5.72. The third kappa shape index (κ3) is 3.58. The Hall–Kier alpha value is -2.22. The molecule has 2 aromatic carbocycles. The van der Waals surface area contributed by atoms with Crippen molar-refractivity contribution in [2.24, 2.45) is 0 Å². The number of benzene rings is 2. The number of hydrogen-bond donors (Lipinski definition) is 0. The van der Waals surface area contributed by atoms with Crippen LogP contribution in [-0.2, 0) is 9.47 Å². The van der Waals surface area contributed by atoms with Gasteiger partial charge in [-0.1, -0.05) is 30.3 Å². The highest BCUT2D eigenvalue weighted by Crippen LogP contribution is 2.23. The van der Waals surface area contributed by atoms with Crippen molar-refractivity contribution in [1.82, 2.24) is 0 Å². The fraction of sp³-hybridized carbons (Fsp3) is 0.118. The summed E-state index contributed by atoms with van der Waals surface area (Å²) in [4.78, 5) is 36.5. The van der Waals surface area contributed by atoms with Crippen LogP contribution >= 0.6 is 22.6 Å². The topological polar surface area (TPSA) is 69.7 Å². The molecule has 0 heterocycles. The van der Waals surface area contributed by atoms with Crippen molar-refractivity contribution in [3.05, 3.63) is 68.3 Å². The largest absolute Gasteiger partial charge is 0.465 e. The van der Waals surface area contributed by atoms with Gasteiger partial charge in [-0.15, -0.1) is 0 Å². The molecule has 0 fully saturated rings. The van der Waals surface area contributed by atoms with Crippen molar-refractivity contribution < 1.29 is 23.9 Å². The summed E-state index contributed by atoms with van der Waals surface area (Å²) in [5.74, 6) is -1.58. The van der Waals surface area contributed by atoms with Crippen molar-refractivity contribution in [3.63, 3.8) is 0 Å². The molecular formula is C17H13IO5. The minimum absolute atomic E-state index is 0.101. The van der Waals surface area contributed by atoms with Gasteiger partial charge in [0.2, 0.25) is 0 Å². The summed E-state index contributed by atoms with van der Waals surface area (Å²) in [6, 6.07) is 11.3. The van der Waals surface area contributed by atoms with Crippen LogP contribution in [0.1, 0.15) is 36.6 Å². The van der Waals surface area contributed by atoms with Gasteiger partial charge in [-0.25, -0.2) is 9.59 Å². The number of methoxy groups -OCH3 is 2. The van der Waals surface area contributed by atoms with Crippen LogP contribution in [0, 0.1) is 3.57 Å². The number of ketones is 1. The van der Waals surface area contributed by atoms with E-state index >= 15 is 0 Å². The molecule has 118 valence electrons. The van der Waals surface area contributed by atoms with Gasteiger partial charge in [0.1, 0.15) is 0 Å². The van der Waals surface area contributed by atoms with Crippen LogP contribution in [0.2, 0.25) is 0 Å². The van der Waals surface area contributed by atoms with Gasteiger partial charge in [0.05, 0.1) is 25.3 Å². The van der Waals surface area contributed by atoms with Crippen LogP contribution in [0.3, 0.4) is 0 Å². The summed E-state index contributed by atoms with van der Waals surface area (Å²) >= 11 is 1.91. The Balaban J connectivity index is 2.65. The molecular weight excluding hydrogens is 411 g/mol. The SMILES string of the molecule is COC(=O)c1cc(C(=O)c2ccccc2)c(C(=O)OC)cc1I. The molecule has 0 saturated heterocycles. The van der Waals surface area contributed by atoms with Gasteiger partial charge in [0, 0.05) is 14.7 Å². The average molecular weight is 424 g/mol. The third-order valence-corrected chi connectivity index (χ3v) is 4.09. The number of hydrogen-bond acceptors (Lipinski definition) is 5. The van der Waals surface area contributed by atoms with Crippen LogP contribution in [-0.4, -0.2) is 31.9 Å². The lowest BCUT2D eigenvalue weighted by Crippen LogP contribution is -2.15. The number of carbonyl (C=O) groups excluding carboxylic acids is 3. The van der Waals surface area contributed by atoms with E-state index in [9.17, 15) is 14.4 Å². The molecule has 0 amide bonds. The van der Waals surface area contributed by atoms with Crippen molar-refractivity contribution in [3.8, 4) is 0 Å². The zero-order valence-corrected chi connectivity index (χ0v) is 14.6. The highest BCUT2D eigenvalue weighted by molar-refractivity contribution is 14.1. The Bertz CT molecular complexity index is 768. The van der Waals surface area contributed by atoms with E-state index in [1.54, 1.807) is 30.3 Å². The lowest BCUT2D eigenvalue weighted by atomic mass is 9.96. The lowest BCUT2D eigenvalue weighted by Gasteiger charge is -2.11. The number of halogens is 1. The van der Waals surface area contributed by atoms with Crippen molar-refractivity contribution in [2.75, 3.05) is 14.2 Å². The Labute approximate surface area is 146 Å². The van der Waals surface area contributed by atoms with Gasteiger partial charge in [-0.05, 0) is 34.7 Å². The van der Waals surface area contributed by atoms with E-state index in [1.165, 1.54) is 26.4 Å². The minimum Gasteiger partial charge on any atom is -0.465 e. The Morgan fingerprint density at radius 3 is 1.96 bits per heavy atom. The van der Waals surface area contributed by atoms with Gasteiger partial charge in [-0.3, -0.25) is 4.79 Å².